The first-order chi connectivity index (χ1) is 9.02. The molecule has 2 aromatic heterocycles. The molecule has 0 bridgehead atoms. The molecule has 0 aliphatic carbocycles. The number of halogens is 1. The molecule has 0 amide bonds. The van der Waals surface area contributed by atoms with E-state index in [-0.39, 0.29) is 6.04 Å². The van der Waals surface area contributed by atoms with Crippen LogP contribution in [0.5, 0.6) is 0 Å². The fourth-order valence-electron chi connectivity index (χ4n) is 1.94. The van der Waals surface area contributed by atoms with Gasteiger partial charge in [-0.25, -0.2) is 9.97 Å². The van der Waals surface area contributed by atoms with Crippen molar-refractivity contribution in [2.75, 3.05) is 0 Å². The maximum Gasteiger partial charge on any atom is 0.145 e. The van der Waals surface area contributed by atoms with Crippen LogP contribution < -0.4 is 5.73 Å². The molecule has 0 saturated heterocycles. The number of nitrogens with zero attached hydrogens (tertiary/aromatic N) is 4. The Balaban J connectivity index is 2.21. The van der Waals surface area contributed by atoms with Gasteiger partial charge in [-0.15, -0.1) is 0 Å². The highest BCUT2D eigenvalue weighted by atomic mass is 35.5. The molecule has 2 N–H and O–H groups in total. The second-order valence-electron chi connectivity index (χ2n) is 4.61. The van der Waals surface area contributed by atoms with E-state index in [9.17, 15) is 0 Å². The second kappa shape index (κ2) is 5.67. The Bertz CT molecular complexity index is 561. The molecule has 5 nitrogen and oxygen atoms in total. The van der Waals surface area contributed by atoms with Crippen molar-refractivity contribution in [2.24, 2.45) is 12.8 Å². The van der Waals surface area contributed by atoms with Crippen molar-refractivity contribution in [2.45, 2.75) is 32.7 Å². The fraction of sp³-hybridized carbons (Fsp3) is 0.462. The first-order valence-corrected chi connectivity index (χ1v) is 6.65. The average molecular weight is 280 g/mol. The Morgan fingerprint density at radius 2 is 2.00 bits per heavy atom. The van der Waals surface area contributed by atoms with Crippen LogP contribution in [0.4, 0.5) is 0 Å². The zero-order valence-corrected chi connectivity index (χ0v) is 12.1. The van der Waals surface area contributed by atoms with Gasteiger partial charge in [0.2, 0.25) is 0 Å². The van der Waals surface area contributed by atoms with Crippen LogP contribution in [0, 0.1) is 6.92 Å². The molecule has 0 fully saturated rings. The normalized spacial score (nSPS) is 12.7. The quantitative estimate of drug-likeness (QED) is 0.929. The highest BCUT2D eigenvalue weighted by molar-refractivity contribution is 6.31. The lowest BCUT2D eigenvalue weighted by Crippen LogP contribution is -2.18. The number of aromatic nitrogens is 4. The zero-order chi connectivity index (χ0) is 14.0. The first-order valence-electron chi connectivity index (χ1n) is 6.27. The minimum atomic E-state index is -0.279. The summed E-state index contributed by atoms with van der Waals surface area (Å²) in [7, 11) is 1.88. The summed E-state index contributed by atoms with van der Waals surface area (Å²) in [6.07, 6.45) is 4.92. The number of hydrogen-bond donors (Lipinski definition) is 1. The summed E-state index contributed by atoms with van der Waals surface area (Å²) in [4.78, 5) is 8.50. The average Bonchev–Trinajstić information content (AvgIpc) is 2.67. The predicted octanol–water partition coefficient (Wildman–Crippen LogP) is 1.98. The number of aryl methyl sites for hydroxylation is 3. The van der Waals surface area contributed by atoms with Crippen molar-refractivity contribution in [3.05, 3.63) is 40.2 Å². The standard InChI is InChI=1S/C13H18ClN5/c1-4-10-12(14)11(19(3)18-10)5-9(15)13-16-6-8(2)7-17-13/h6-7,9H,4-5,15H2,1-3H3. The molecule has 0 radical (unpaired) electrons. The van der Waals surface area contributed by atoms with Crippen LogP contribution in [0.15, 0.2) is 12.4 Å². The molecular weight excluding hydrogens is 262 g/mol. The Hall–Kier alpha value is -1.46. The van der Waals surface area contributed by atoms with Crippen LogP contribution in [0.2, 0.25) is 5.02 Å². The lowest BCUT2D eigenvalue weighted by Gasteiger charge is -2.10. The molecule has 2 aromatic rings. The van der Waals surface area contributed by atoms with E-state index in [0.29, 0.717) is 17.3 Å². The van der Waals surface area contributed by atoms with E-state index in [1.54, 1.807) is 17.1 Å². The van der Waals surface area contributed by atoms with Crippen molar-refractivity contribution in [3.63, 3.8) is 0 Å². The van der Waals surface area contributed by atoms with Crippen LogP contribution in [0.3, 0.4) is 0 Å². The minimum Gasteiger partial charge on any atom is -0.321 e. The fourth-order valence-corrected chi connectivity index (χ4v) is 2.31. The van der Waals surface area contributed by atoms with Gasteiger partial charge in [0.25, 0.3) is 0 Å². The smallest absolute Gasteiger partial charge is 0.145 e. The molecule has 0 aliphatic rings. The van der Waals surface area contributed by atoms with Crippen LogP contribution in [0.1, 0.15) is 35.7 Å². The van der Waals surface area contributed by atoms with Gasteiger partial charge in [-0.2, -0.15) is 5.10 Å². The Kier molecular flexibility index (Phi) is 4.17. The molecule has 2 rings (SSSR count). The van der Waals surface area contributed by atoms with Crippen molar-refractivity contribution in [1.29, 1.82) is 0 Å². The van der Waals surface area contributed by atoms with Gasteiger partial charge >= 0.3 is 0 Å². The van der Waals surface area contributed by atoms with E-state index in [1.807, 2.05) is 20.9 Å². The SMILES string of the molecule is CCc1nn(C)c(CC(N)c2ncc(C)cn2)c1Cl. The summed E-state index contributed by atoms with van der Waals surface area (Å²) >= 11 is 6.31. The van der Waals surface area contributed by atoms with Gasteiger partial charge < -0.3 is 5.73 Å². The van der Waals surface area contributed by atoms with Crippen molar-refractivity contribution in [3.8, 4) is 0 Å². The topological polar surface area (TPSA) is 69.6 Å². The second-order valence-corrected chi connectivity index (χ2v) is 4.99. The maximum atomic E-state index is 6.31. The monoisotopic (exact) mass is 279 g/mol. The molecule has 0 saturated carbocycles. The van der Waals surface area contributed by atoms with Crippen molar-refractivity contribution >= 4 is 11.6 Å². The third kappa shape index (κ3) is 2.93. The summed E-state index contributed by atoms with van der Waals surface area (Å²) < 4.78 is 1.79. The molecule has 6 heteroatoms. The molecule has 19 heavy (non-hydrogen) atoms. The van der Waals surface area contributed by atoms with Gasteiger partial charge in [0.1, 0.15) is 5.82 Å². The summed E-state index contributed by atoms with van der Waals surface area (Å²) in [6.45, 7) is 3.97. The predicted molar refractivity (Wildman–Crippen MR) is 75.0 cm³/mol. The number of hydrogen-bond acceptors (Lipinski definition) is 4. The maximum absolute atomic E-state index is 6.31. The van der Waals surface area contributed by atoms with E-state index in [2.05, 4.69) is 15.1 Å². The largest absolute Gasteiger partial charge is 0.321 e. The molecular formula is C13H18ClN5. The van der Waals surface area contributed by atoms with Crippen LogP contribution in [0.25, 0.3) is 0 Å². The molecule has 1 unspecified atom stereocenters. The highest BCUT2D eigenvalue weighted by Crippen LogP contribution is 2.24. The molecule has 1 atom stereocenters. The lowest BCUT2D eigenvalue weighted by molar-refractivity contribution is 0.612. The van der Waals surface area contributed by atoms with Gasteiger partial charge in [0, 0.05) is 25.9 Å². The van der Waals surface area contributed by atoms with E-state index in [4.69, 9.17) is 17.3 Å². The number of rotatable bonds is 4. The minimum absolute atomic E-state index is 0.279. The van der Waals surface area contributed by atoms with Gasteiger partial charge in [0.05, 0.1) is 22.5 Å². The summed E-state index contributed by atoms with van der Waals surface area (Å²) in [6, 6.07) is -0.279. The Morgan fingerprint density at radius 1 is 1.37 bits per heavy atom. The van der Waals surface area contributed by atoms with Crippen molar-refractivity contribution < 1.29 is 0 Å². The molecule has 0 aromatic carbocycles. The van der Waals surface area contributed by atoms with Crippen LogP contribution in [-0.4, -0.2) is 19.7 Å². The van der Waals surface area contributed by atoms with E-state index in [1.165, 1.54) is 0 Å². The van der Waals surface area contributed by atoms with E-state index in [0.717, 1.165) is 23.4 Å². The van der Waals surface area contributed by atoms with E-state index >= 15 is 0 Å². The highest BCUT2D eigenvalue weighted by Gasteiger charge is 2.18. The lowest BCUT2D eigenvalue weighted by atomic mass is 10.1. The van der Waals surface area contributed by atoms with Crippen LogP contribution in [-0.2, 0) is 19.9 Å². The summed E-state index contributed by atoms with van der Waals surface area (Å²) in [5.74, 6) is 0.626. The summed E-state index contributed by atoms with van der Waals surface area (Å²) in [5.41, 5.74) is 8.98. The van der Waals surface area contributed by atoms with Crippen LogP contribution >= 0.6 is 11.6 Å². The third-order valence-electron chi connectivity index (χ3n) is 3.05. The third-order valence-corrected chi connectivity index (χ3v) is 3.49. The van der Waals surface area contributed by atoms with Crippen molar-refractivity contribution in [1.82, 2.24) is 19.7 Å². The zero-order valence-electron chi connectivity index (χ0n) is 11.4. The Labute approximate surface area is 117 Å². The molecule has 2 heterocycles. The number of nitrogens with two attached hydrogens (primary N) is 1. The molecule has 0 aliphatic heterocycles. The van der Waals surface area contributed by atoms with Gasteiger partial charge in [-0.3, -0.25) is 4.68 Å². The Morgan fingerprint density at radius 3 is 2.53 bits per heavy atom. The molecule has 102 valence electrons. The first kappa shape index (κ1) is 14.0. The van der Waals surface area contributed by atoms with E-state index < -0.39 is 0 Å². The summed E-state index contributed by atoms with van der Waals surface area (Å²) in [5, 5.41) is 5.08. The van der Waals surface area contributed by atoms with Gasteiger partial charge in [-0.05, 0) is 18.9 Å². The van der Waals surface area contributed by atoms with Gasteiger partial charge in [-0.1, -0.05) is 18.5 Å². The molecule has 0 spiro atoms. The van der Waals surface area contributed by atoms with Gasteiger partial charge in [0.15, 0.2) is 0 Å².